The van der Waals surface area contributed by atoms with E-state index in [0.717, 1.165) is 32.4 Å². The molecule has 0 aromatic heterocycles. The summed E-state index contributed by atoms with van der Waals surface area (Å²) in [5.74, 6) is 0. The molecular weight excluding hydrogens is 278 g/mol. The highest BCUT2D eigenvalue weighted by atomic mass is 14.8. The molecule has 0 aliphatic carbocycles. The third-order valence-corrected chi connectivity index (χ3v) is 4.16. The fourth-order valence-electron chi connectivity index (χ4n) is 2.74. The Bertz CT molecular complexity index is 610. The van der Waals surface area contributed by atoms with Crippen molar-refractivity contribution >= 4 is 0 Å². The van der Waals surface area contributed by atoms with Gasteiger partial charge in [0.25, 0.3) is 0 Å². The van der Waals surface area contributed by atoms with E-state index in [9.17, 15) is 0 Å². The summed E-state index contributed by atoms with van der Waals surface area (Å²) in [4.78, 5) is 0. The van der Waals surface area contributed by atoms with Gasteiger partial charge in [-0.2, -0.15) is 0 Å². The van der Waals surface area contributed by atoms with Gasteiger partial charge in [-0.25, -0.2) is 0 Å². The summed E-state index contributed by atoms with van der Waals surface area (Å²) in [5, 5.41) is 3.44. The Morgan fingerprint density at radius 2 is 1.70 bits per heavy atom. The van der Waals surface area contributed by atoms with Crippen molar-refractivity contribution in [3.05, 3.63) is 71.8 Å². The van der Waals surface area contributed by atoms with Crippen molar-refractivity contribution < 1.29 is 0 Å². The third kappa shape index (κ3) is 5.69. The molecule has 0 amide bonds. The van der Waals surface area contributed by atoms with Crippen LogP contribution < -0.4 is 5.32 Å². The topological polar surface area (TPSA) is 12.0 Å². The number of hydrogen-bond donors (Lipinski definition) is 1. The van der Waals surface area contributed by atoms with E-state index in [2.05, 4.69) is 74.3 Å². The maximum Gasteiger partial charge on any atom is -0.00116 e. The quantitative estimate of drug-likeness (QED) is 0.483. The monoisotopic (exact) mass is 307 g/mol. The smallest absolute Gasteiger partial charge is 0.00116 e. The Morgan fingerprint density at radius 1 is 0.913 bits per heavy atom. The second kappa shape index (κ2) is 9.32. The maximum absolute atomic E-state index is 4.23. The van der Waals surface area contributed by atoms with Crippen molar-refractivity contribution in [2.24, 2.45) is 0 Å². The number of nitrogens with one attached hydrogen (secondary N) is 1. The van der Waals surface area contributed by atoms with Gasteiger partial charge in [-0.15, -0.1) is 0 Å². The lowest BCUT2D eigenvalue weighted by molar-refractivity contribution is 0.665. The van der Waals surface area contributed by atoms with Gasteiger partial charge in [0.2, 0.25) is 0 Å². The highest BCUT2D eigenvalue weighted by Crippen LogP contribution is 2.22. The van der Waals surface area contributed by atoms with Gasteiger partial charge in [0.15, 0.2) is 0 Å². The van der Waals surface area contributed by atoms with Gasteiger partial charge >= 0.3 is 0 Å². The van der Waals surface area contributed by atoms with Crippen LogP contribution in [0.3, 0.4) is 0 Å². The van der Waals surface area contributed by atoms with E-state index in [1.165, 1.54) is 34.2 Å². The van der Waals surface area contributed by atoms with E-state index in [1.54, 1.807) is 0 Å². The second-order valence-electron chi connectivity index (χ2n) is 6.18. The van der Waals surface area contributed by atoms with Crippen molar-refractivity contribution in [1.82, 2.24) is 5.32 Å². The summed E-state index contributed by atoms with van der Waals surface area (Å²) in [6.45, 7) is 10.7. The summed E-state index contributed by atoms with van der Waals surface area (Å²) in [7, 11) is 0. The van der Waals surface area contributed by atoms with E-state index in [4.69, 9.17) is 0 Å². The normalized spacial score (nSPS) is 10.7. The summed E-state index contributed by atoms with van der Waals surface area (Å²) in [6, 6.07) is 17.7. The summed E-state index contributed by atoms with van der Waals surface area (Å²) in [5.41, 5.74) is 6.62. The Kier molecular flexibility index (Phi) is 7.09. The van der Waals surface area contributed by atoms with Gasteiger partial charge in [-0.1, -0.05) is 74.5 Å². The fraction of sp³-hybridized carbons (Fsp3) is 0.364. The van der Waals surface area contributed by atoms with Crippen molar-refractivity contribution in [3.63, 3.8) is 0 Å². The predicted molar refractivity (Wildman–Crippen MR) is 102 cm³/mol. The number of benzene rings is 2. The van der Waals surface area contributed by atoms with E-state index >= 15 is 0 Å². The van der Waals surface area contributed by atoms with Crippen LogP contribution in [0, 0.1) is 0 Å². The molecule has 0 radical (unpaired) electrons. The molecule has 0 heterocycles. The Hall–Kier alpha value is -1.86. The molecule has 2 aromatic rings. The molecule has 1 N–H and O–H groups in total. The van der Waals surface area contributed by atoms with Crippen LogP contribution in [0.2, 0.25) is 0 Å². The largest absolute Gasteiger partial charge is 0.316 e. The molecule has 0 unspecified atom stereocenters. The molecule has 0 bridgehead atoms. The highest BCUT2D eigenvalue weighted by molar-refractivity contribution is 5.64. The first kappa shape index (κ1) is 17.5. The van der Waals surface area contributed by atoms with Gasteiger partial charge in [0.1, 0.15) is 0 Å². The van der Waals surface area contributed by atoms with Crippen LogP contribution in [0.1, 0.15) is 37.8 Å². The molecule has 0 spiro atoms. The summed E-state index contributed by atoms with van der Waals surface area (Å²) in [6.07, 6.45) is 4.29. The molecular formula is C22H29N. The van der Waals surface area contributed by atoms with Crippen molar-refractivity contribution in [2.75, 3.05) is 13.1 Å². The van der Waals surface area contributed by atoms with Crippen molar-refractivity contribution in [3.8, 4) is 11.1 Å². The molecule has 0 aliphatic rings. The van der Waals surface area contributed by atoms with Gasteiger partial charge in [-0.3, -0.25) is 0 Å². The molecule has 0 saturated heterocycles. The predicted octanol–water partition coefficient (Wildman–Crippen LogP) is 5.40. The molecule has 0 atom stereocenters. The average Bonchev–Trinajstić information content (AvgIpc) is 2.59. The number of rotatable bonds is 9. The first-order valence-corrected chi connectivity index (χ1v) is 8.78. The molecule has 0 aliphatic heterocycles. The number of hydrogen-bond acceptors (Lipinski definition) is 1. The molecule has 0 fully saturated rings. The van der Waals surface area contributed by atoms with Gasteiger partial charge in [-0.05, 0) is 61.0 Å². The van der Waals surface area contributed by atoms with Crippen LogP contribution in [0.15, 0.2) is 60.7 Å². The van der Waals surface area contributed by atoms with Gasteiger partial charge < -0.3 is 5.32 Å². The number of aryl methyl sites for hydroxylation is 1. The maximum atomic E-state index is 4.23. The highest BCUT2D eigenvalue weighted by Gasteiger charge is 2.02. The first-order valence-electron chi connectivity index (χ1n) is 8.78. The van der Waals surface area contributed by atoms with Crippen LogP contribution in [-0.4, -0.2) is 13.1 Å². The molecule has 1 nitrogen and oxygen atoms in total. The Labute approximate surface area is 141 Å². The van der Waals surface area contributed by atoms with E-state index in [1.807, 2.05) is 0 Å². The Morgan fingerprint density at radius 3 is 2.39 bits per heavy atom. The summed E-state index contributed by atoms with van der Waals surface area (Å²) < 4.78 is 0. The van der Waals surface area contributed by atoms with Crippen molar-refractivity contribution in [1.29, 1.82) is 0 Å². The van der Waals surface area contributed by atoms with E-state index in [-0.39, 0.29) is 0 Å². The standard InChI is InChI=1S/C22H29N/c1-4-14-23-15-13-18(3)16-20-7-6-8-22(17-20)21-11-9-19(5-2)10-12-21/h6-12,17,23H,3-5,13-16H2,1-2H3. The Balaban J connectivity index is 1.97. The minimum Gasteiger partial charge on any atom is -0.316 e. The zero-order chi connectivity index (χ0) is 16.5. The zero-order valence-corrected chi connectivity index (χ0v) is 14.6. The zero-order valence-electron chi connectivity index (χ0n) is 14.6. The minimum atomic E-state index is 0.967. The van der Waals surface area contributed by atoms with Crippen LogP contribution in [0.5, 0.6) is 0 Å². The lowest BCUT2D eigenvalue weighted by atomic mass is 9.98. The molecule has 2 aromatic carbocycles. The molecule has 122 valence electrons. The van der Waals surface area contributed by atoms with Gasteiger partial charge in [0, 0.05) is 0 Å². The molecule has 0 saturated carbocycles. The van der Waals surface area contributed by atoms with E-state index in [0.29, 0.717) is 0 Å². The fourth-order valence-corrected chi connectivity index (χ4v) is 2.74. The minimum absolute atomic E-state index is 0.967. The van der Waals surface area contributed by atoms with Crippen LogP contribution >= 0.6 is 0 Å². The summed E-state index contributed by atoms with van der Waals surface area (Å²) >= 11 is 0. The lowest BCUT2D eigenvalue weighted by Gasteiger charge is -2.09. The van der Waals surface area contributed by atoms with E-state index < -0.39 is 0 Å². The van der Waals surface area contributed by atoms with Gasteiger partial charge in [0.05, 0.1) is 0 Å². The van der Waals surface area contributed by atoms with Crippen molar-refractivity contribution in [2.45, 2.75) is 39.5 Å². The van der Waals surface area contributed by atoms with Crippen LogP contribution in [0.25, 0.3) is 11.1 Å². The van der Waals surface area contributed by atoms with Crippen LogP contribution in [-0.2, 0) is 12.8 Å². The average molecular weight is 307 g/mol. The molecule has 2 rings (SSSR count). The first-order chi connectivity index (χ1) is 11.2. The van der Waals surface area contributed by atoms with Crippen LogP contribution in [0.4, 0.5) is 0 Å². The molecule has 23 heavy (non-hydrogen) atoms. The lowest BCUT2D eigenvalue weighted by Crippen LogP contribution is -2.16. The SMILES string of the molecule is C=C(CCNCCC)Cc1cccc(-c2ccc(CC)cc2)c1. The molecule has 1 heteroatoms. The second-order valence-corrected chi connectivity index (χ2v) is 6.18. The third-order valence-electron chi connectivity index (χ3n) is 4.16.